The molecular formula is C42H72O3S. The molecule has 0 aliphatic carbocycles. The summed E-state index contributed by atoms with van der Waals surface area (Å²) >= 11 is 0. The van der Waals surface area contributed by atoms with Crippen molar-refractivity contribution >= 4 is 20.9 Å². The first-order valence-corrected chi connectivity index (χ1v) is 21.4. The number of hydrogen-bond donors (Lipinski definition) is 1. The summed E-state index contributed by atoms with van der Waals surface area (Å²) in [6.07, 6.45) is 38.8. The van der Waals surface area contributed by atoms with E-state index in [1.54, 1.807) is 0 Å². The van der Waals surface area contributed by atoms with Gasteiger partial charge in [0.05, 0.1) is 0 Å². The number of fused-ring (bicyclic) bond motifs is 1. The molecule has 264 valence electrons. The van der Waals surface area contributed by atoms with E-state index in [1.807, 2.05) is 24.3 Å². The van der Waals surface area contributed by atoms with Crippen molar-refractivity contribution in [3.05, 3.63) is 41.5 Å². The molecule has 0 heterocycles. The van der Waals surface area contributed by atoms with Crippen LogP contribution >= 0.6 is 0 Å². The smallest absolute Gasteiger partial charge is 0.282 e. The van der Waals surface area contributed by atoms with E-state index in [0.717, 1.165) is 36.6 Å². The van der Waals surface area contributed by atoms with Crippen LogP contribution in [0.5, 0.6) is 0 Å². The van der Waals surface area contributed by atoms with Crippen molar-refractivity contribution < 1.29 is 13.0 Å². The third kappa shape index (κ3) is 18.2. The molecule has 2 rings (SSSR count). The van der Waals surface area contributed by atoms with Gasteiger partial charge in [-0.1, -0.05) is 211 Å². The summed E-state index contributed by atoms with van der Waals surface area (Å²) in [5, 5.41) is 1.67. The highest BCUT2D eigenvalue weighted by molar-refractivity contribution is 7.86. The van der Waals surface area contributed by atoms with Gasteiger partial charge in [-0.05, 0) is 42.2 Å². The number of unbranched alkanes of at least 4 members (excludes halogenated alkanes) is 26. The predicted octanol–water partition coefficient (Wildman–Crippen LogP) is 14.1. The van der Waals surface area contributed by atoms with Gasteiger partial charge in [0.2, 0.25) is 0 Å². The number of rotatable bonds is 31. The zero-order valence-electron chi connectivity index (χ0n) is 30.3. The third-order valence-electron chi connectivity index (χ3n) is 10.0. The second-order valence-corrected chi connectivity index (χ2v) is 15.6. The van der Waals surface area contributed by atoms with E-state index >= 15 is 0 Å². The highest BCUT2D eigenvalue weighted by Gasteiger charge is 2.21. The van der Waals surface area contributed by atoms with Crippen LogP contribution in [0.3, 0.4) is 0 Å². The molecule has 0 bridgehead atoms. The molecular weight excluding hydrogens is 585 g/mol. The molecule has 2 aromatic carbocycles. The van der Waals surface area contributed by atoms with Crippen molar-refractivity contribution in [2.24, 2.45) is 0 Å². The van der Waals surface area contributed by atoms with Crippen LogP contribution in [-0.2, 0) is 23.0 Å². The normalized spacial score (nSPS) is 12.0. The summed E-state index contributed by atoms with van der Waals surface area (Å²) in [5.41, 5.74) is 2.04. The van der Waals surface area contributed by atoms with Crippen molar-refractivity contribution in [3.8, 4) is 0 Å². The van der Waals surface area contributed by atoms with Crippen LogP contribution < -0.4 is 0 Å². The third-order valence-corrected chi connectivity index (χ3v) is 11.0. The molecule has 0 spiro atoms. The lowest BCUT2D eigenvalue weighted by molar-refractivity contribution is 0.482. The van der Waals surface area contributed by atoms with Crippen molar-refractivity contribution in [2.75, 3.05) is 0 Å². The van der Waals surface area contributed by atoms with E-state index in [9.17, 15) is 13.0 Å². The van der Waals surface area contributed by atoms with Crippen LogP contribution in [0.4, 0.5) is 0 Å². The summed E-state index contributed by atoms with van der Waals surface area (Å²) in [4.78, 5) is 0.141. The Labute approximate surface area is 285 Å². The molecule has 0 atom stereocenters. The molecule has 0 aliphatic rings. The van der Waals surface area contributed by atoms with Crippen LogP contribution in [0.25, 0.3) is 10.8 Å². The van der Waals surface area contributed by atoms with Gasteiger partial charge in [0.15, 0.2) is 0 Å². The van der Waals surface area contributed by atoms with Gasteiger partial charge in [0, 0.05) is 5.39 Å². The molecule has 2 aromatic rings. The minimum atomic E-state index is -4.30. The van der Waals surface area contributed by atoms with E-state index in [0.29, 0.717) is 11.8 Å². The minimum Gasteiger partial charge on any atom is -0.282 e. The van der Waals surface area contributed by atoms with Crippen molar-refractivity contribution in [3.63, 3.8) is 0 Å². The molecule has 0 fully saturated rings. The van der Waals surface area contributed by atoms with E-state index in [1.165, 1.54) is 166 Å². The Bertz CT molecular complexity index is 1120. The molecule has 3 nitrogen and oxygen atoms in total. The molecule has 46 heavy (non-hydrogen) atoms. The van der Waals surface area contributed by atoms with Gasteiger partial charge in [-0.3, -0.25) is 4.55 Å². The first kappa shape index (κ1) is 40.8. The highest BCUT2D eigenvalue weighted by atomic mass is 32.2. The first-order chi connectivity index (χ1) is 22.5. The first-order valence-electron chi connectivity index (χ1n) is 20.0. The van der Waals surface area contributed by atoms with Crippen LogP contribution in [0.15, 0.2) is 35.2 Å². The topological polar surface area (TPSA) is 54.4 Å². The molecule has 4 heteroatoms. The maximum absolute atomic E-state index is 12.6. The van der Waals surface area contributed by atoms with E-state index < -0.39 is 10.1 Å². The summed E-state index contributed by atoms with van der Waals surface area (Å²) < 4.78 is 35.4. The fraction of sp³-hybridized carbons (Fsp3) is 0.762. The molecule has 1 N–H and O–H groups in total. The molecule has 0 amide bonds. The maximum atomic E-state index is 12.6. The second kappa shape index (κ2) is 26.6. The zero-order valence-corrected chi connectivity index (χ0v) is 31.1. The van der Waals surface area contributed by atoms with Crippen molar-refractivity contribution in [1.29, 1.82) is 0 Å². The predicted molar refractivity (Wildman–Crippen MR) is 202 cm³/mol. The average Bonchev–Trinajstić information content (AvgIpc) is 3.04. The lowest BCUT2D eigenvalue weighted by Crippen LogP contribution is -2.06. The number of benzene rings is 2. The quantitative estimate of drug-likeness (QED) is 0.0649. The Morgan fingerprint density at radius 2 is 0.739 bits per heavy atom. The molecule has 0 unspecified atom stereocenters. The lowest BCUT2D eigenvalue weighted by Gasteiger charge is -2.15. The molecule has 0 saturated carbocycles. The fourth-order valence-electron chi connectivity index (χ4n) is 7.20. The highest BCUT2D eigenvalue weighted by Crippen LogP contribution is 2.32. The van der Waals surface area contributed by atoms with E-state index in [-0.39, 0.29) is 4.90 Å². The van der Waals surface area contributed by atoms with Gasteiger partial charge in [-0.15, -0.1) is 0 Å². The average molecular weight is 657 g/mol. The van der Waals surface area contributed by atoms with Crippen LogP contribution in [0.1, 0.15) is 205 Å². The van der Waals surface area contributed by atoms with Crippen molar-refractivity contribution in [2.45, 2.75) is 211 Å². The van der Waals surface area contributed by atoms with E-state index in [2.05, 4.69) is 19.9 Å². The summed E-state index contributed by atoms with van der Waals surface area (Å²) in [5.74, 6) is 0. The largest absolute Gasteiger partial charge is 0.295 e. The second-order valence-electron chi connectivity index (χ2n) is 14.2. The monoisotopic (exact) mass is 657 g/mol. The van der Waals surface area contributed by atoms with Gasteiger partial charge in [0.25, 0.3) is 10.1 Å². The van der Waals surface area contributed by atoms with Crippen molar-refractivity contribution in [1.82, 2.24) is 0 Å². The lowest BCUT2D eigenvalue weighted by atomic mass is 9.94. The van der Waals surface area contributed by atoms with Gasteiger partial charge in [-0.2, -0.15) is 8.42 Å². The molecule has 0 aliphatic heterocycles. The van der Waals surface area contributed by atoms with Crippen LogP contribution in [-0.4, -0.2) is 13.0 Å². The fourth-order valence-corrected chi connectivity index (χ4v) is 8.15. The summed E-state index contributed by atoms with van der Waals surface area (Å²) in [6, 6.07) is 9.89. The van der Waals surface area contributed by atoms with Gasteiger partial charge < -0.3 is 0 Å². The number of hydrogen-bond acceptors (Lipinski definition) is 2. The molecule has 0 radical (unpaired) electrons. The Balaban J connectivity index is 1.72. The Morgan fingerprint density at radius 3 is 1.09 bits per heavy atom. The van der Waals surface area contributed by atoms with Crippen LogP contribution in [0, 0.1) is 0 Å². The summed E-state index contributed by atoms with van der Waals surface area (Å²) in [7, 11) is -4.30. The molecule has 0 saturated heterocycles. The van der Waals surface area contributed by atoms with Gasteiger partial charge in [0.1, 0.15) is 4.90 Å². The SMILES string of the molecule is CCCCCCCCCCCCCCCCc1cc(CCCCCCCCCCCCCCCC)c2ccccc2c1S(=O)(=O)O. The standard InChI is InChI=1S/C42H72O3S/c1-3-5-7-9-11-13-15-17-19-21-23-25-27-29-33-38-37-39(42(46(43,44)45)41-36-32-31-35-40(38)41)34-30-28-26-24-22-20-18-16-14-12-10-8-6-4-2/h31-32,35-37H,3-30,33-34H2,1-2H3,(H,43,44,45). The van der Waals surface area contributed by atoms with Gasteiger partial charge in [-0.25, -0.2) is 0 Å². The maximum Gasteiger partial charge on any atom is 0.295 e. The minimum absolute atomic E-state index is 0.141. The van der Waals surface area contributed by atoms with E-state index in [4.69, 9.17) is 0 Å². The molecule has 0 aromatic heterocycles. The Kier molecular flexibility index (Phi) is 23.5. The van der Waals surface area contributed by atoms with Crippen LogP contribution in [0.2, 0.25) is 0 Å². The Morgan fingerprint density at radius 1 is 0.435 bits per heavy atom. The Hall–Kier alpha value is -1.39. The summed E-state index contributed by atoms with van der Waals surface area (Å²) in [6.45, 7) is 4.56. The zero-order chi connectivity index (χ0) is 33.1. The number of aryl methyl sites for hydroxylation is 2. The van der Waals surface area contributed by atoms with Gasteiger partial charge >= 0.3 is 0 Å².